The Morgan fingerprint density at radius 1 is 1.28 bits per heavy atom. The summed E-state index contributed by atoms with van der Waals surface area (Å²) in [6.07, 6.45) is 3.70. The third-order valence-electron chi connectivity index (χ3n) is 5.46. The summed E-state index contributed by atoms with van der Waals surface area (Å²) < 4.78 is 12.0. The van der Waals surface area contributed by atoms with Crippen LogP contribution in [0, 0.1) is 0 Å². The van der Waals surface area contributed by atoms with Gasteiger partial charge in [0.2, 0.25) is 0 Å². The van der Waals surface area contributed by atoms with E-state index in [0.717, 1.165) is 31.0 Å². The van der Waals surface area contributed by atoms with Crippen molar-refractivity contribution in [2.75, 3.05) is 19.8 Å². The fourth-order valence-electron chi connectivity index (χ4n) is 4.15. The van der Waals surface area contributed by atoms with E-state index in [1.54, 1.807) is 0 Å². The fraction of sp³-hybridized carbons (Fsp3) is 0.550. The van der Waals surface area contributed by atoms with E-state index in [9.17, 15) is 0 Å². The van der Waals surface area contributed by atoms with Gasteiger partial charge in [-0.05, 0) is 26.7 Å². The molecule has 25 heavy (non-hydrogen) atoms. The highest BCUT2D eigenvalue weighted by Gasteiger charge is 2.43. The fourth-order valence-corrected chi connectivity index (χ4v) is 4.45. The molecule has 0 bridgehead atoms. The van der Waals surface area contributed by atoms with Gasteiger partial charge in [-0.1, -0.05) is 42.5 Å². The number of hydrogen-bond acceptors (Lipinski definition) is 3. The third kappa shape index (κ3) is 3.51. The normalized spacial score (nSPS) is 31.6. The van der Waals surface area contributed by atoms with Crippen LogP contribution in [0.3, 0.4) is 0 Å². The van der Waals surface area contributed by atoms with Gasteiger partial charge in [-0.15, -0.1) is 0 Å². The summed E-state index contributed by atoms with van der Waals surface area (Å²) in [4.78, 5) is 2.29. The highest BCUT2D eigenvalue weighted by Crippen LogP contribution is 2.29. The van der Waals surface area contributed by atoms with Gasteiger partial charge >= 0.3 is 0 Å². The molecule has 5 heteroatoms. The van der Waals surface area contributed by atoms with Crippen LogP contribution in [-0.2, 0) is 9.47 Å². The molecule has 3 aliphatic heterocycles. The molecule has 1 saturated heterocycles. The maximum absolute atomic E-state index is 6.03. The van der Waals surface area contributed by atoms with E-state index in [4.69, 9.17) is 21.7 Å². The summed E-state index contributed by atoms with van der Waals surface area (Å²) >= 11 is 5.70. The van der Waals surface area contributed by atoms with Crippen molar-refractivity contribution in [1.29, 1.82) is 0 Å². The molecule has 4 rings (SSSR count). The summed E-state index contributed by atoms with van der Waals surface area (Å²) in [6, 6.07) is 10.6. The van der Waals surface area contributed by atoms with Gasteiger partial charge in [-0.2, -0.15) is 0 Å². The summed E-state index contributed by atoms with van der Waals surface area (Å²) in [5, 5.41) is 3.58. The summed E-state index contributed by atoms with van der Waals surface area (Å²) in [7, 11) is 0. The number of benzene rings is 1. The van der Waals surface area contributed by atoms with Crippen molar-refractivity contribution >= 4 is 17.2 Å². The third-order valence-corrected chi connectivity index (χ3v) is 5.83. The quantitative estimate of drug-likeness (QED) is 0.811. The van der Waals surface area contributed by atoms with Crippen LogP contribution < -0.4 is 10.2 Å². The van der Waals surface area contributed by atoms with Crippen LogP contribution in [-0.4, -0.2) is 36.5 Å². The number of quaternary nitrogens is 1. The van der Waals surface area contributed by atoms with E-state index in [0.29, 0.717) is 12.7 Å². The Morgan fingerprint density at radius 3 is 2.80 bits per heavy atom. The molecular formula is C20H27N2O2S+. The van der Waals surface area contributed by atoms with Gasteiger partial charge in [0.15, 0.2) is 6.17 Å². The van der Waals surface area contributed by atoms with Crippen molar-refractivity contribution in [2.45, 2.75) is 51.0 Å². The number of nitrogens with one attached hydrogen (secondary N) is 2. The molecule has 0 spiro atoms. The second-order valence-electron chi connectivity index (χ2n) is 7.86. The largest absolute Gasteiger partial charge is 0.372 e. The summed E-state index contributed by atoms with van der Waals surface area (Å²) in [5.74, 6) is 0. The maximum Gasteiger partial charge on any atom is 0.192 e. The Morgan fingerprint density at radius 2 is 2.08 bits per heavy atom. The minimum absolute atomic E-state index is 0.144. The number of hydrogen-bond donors (Lipinski definition) is 2. The standard InChI is InChI=1S/C20H26N2O2S/c1-20(2)11-17-16(13-24-20)19(25)21-18(14-7-4-3-5-8-14)22(17)12-15-9-6-10-23-15/h3-5,7-8,15,18H,6,9-13H2,1-2H3,(H,21,25)/p+1/t15-,18+/m1/s1. The van der Waals surface area contributed by atoms with Crippen LogP contribution in [0.4, 0.5) is 0 Å². The van der Waals surface area contributed by atoms with E-state index in [1.165, 1.54) is 28.2 Å². The lowest BCUT2D eigenvalue weighted by molar-refractivity contribution is -0.903. The number of rotatable bonds is 3. The SMILES string of the molecule is CC1(C)CC2=C(CO1)C(=S)N[C@H](c1ccccc1)[NH+]2C[C@H]1CCCO1. The Hall–Kier alpha value is -1.27. The minimum atomic E-state index is -0.144. The predicted molar refractivity (Wildman–Crippen MR) is 101 cm³/mol. The van der Waals surface area contributed by atoms with Crippen molar-refractivity contribution in [3.8, 4) is 0 Å². The molecule has 3 aliphatic rings. The molecule has 1 aromatic rings. The molecule has 0 aliphatic carbocycles. The highest BCUT2D eigenvalue weighted by atomic mass is 32.1. The van der Waals surface area contributed by atoms with Crippen LogP contribution in [0.15, 0.2) is 41.6 Å². The topological polar surface area (TPSA) is 34.9 Å². The average Bonchev–Trinajstić information content (AvgIpc) is 3.10. The molecule has 1 aromatic carbocycles. The minimum Gasteiger partial charge on any atom is -0.372 e. The zero-order valence-corrected chi connectivity index (χ0v) is 15.8. The smallest absolute Gasteiger partial charge is 0.192 e. The molecule has 0 saturated carbocycles. The Kier molecular flexibility index (Phi) is 4.67. The van der Waals surface area contributed by atoms with E-state index in [1.807, 2.05) is 0 Å². The zero-order chi connectivity index (χ0) is 17.4. The van der Waals surface area contributed by atoms with Crippen molar-refractivity contribution in [3.63, 3.8) is 0 Å². The second kappa shape index (κ2) is 6.80. The molecule has 0 radical (unpaired) electrons. The first kappa shape index (κ1) is 17.2. The molecule has 1 unspecified atom stereocenters. The molecule has 4 nitrogen and oxygen atoms in total. The van der Waals surface area contributed by atoms with E-state index < -0.39 is 0 Å². The van der Waals surface area contributed by atoms with Crippen molar-refractivity contribution in [1.82, 2.24) is 5.32 Å². The Bertz CT molecular complexity index is 680. The van der Waals surface area contributed by atoms with E-state index >= 15 is 0 Å². The first-order chi connectivity index (χ1) is 12.0. The summed E-state index contributed by atoms with van der Waals surface area (Å²) in [5.41, 5.74) is 3.71. The van der Waals surface area contributed by atoms with E-state index in [2.05, 4.69) is 49.5 Å². The van der Waals surface area contributed by atoms with Gasteiger partial charge in [-0.25, -0.2) is 0 Å². The highest BCUT2D eigenvalue weighted by molar-refractivity contribution is 7.80. The molecule has 2 N–H and O–H groups in total. The molecular weight excluding hydrogens is 332 g/mol. The Labute approximate surface area is 155 Å². The van der Waals surface area contributed by atoms with Gasteiger partial charge in [0, 0.05) is 12.2 Å². The molecule has 3 atom stereocenters. The molecule has 0 amide bonds. The second-order valence-corrected chi connectivity index (χ2v) is 8.27. The molecule has 134 valence electrons. The lowest BCUT2D eigenvalue weighted by Gasteiger charge is -2.43. The van der Waals surface area contributed by atoms with Crippen LogP contribution in [0.2, 0.25) is 0 Å². The lowest BCUT2D eigenvalue weighted by atomic mass is 9.92. The van der Waals surface area contributed by atoms with Gasteiger partial charge in [0.05, 0.1) is 24.2 Å². The molecule has 1 fully saturated rings. The van der Waals surface area contributed by atoms with Gasteiger partial charge in [0.25, 0.3) is 0 Å². The van der Waals surface area contributed by atoms with Crippen molar-refractivity contribution in [2.24, 2.45) is 0 Å². The first-order valence-electron chi connectivity index (χ1n) is 9.23. The van der Waals surface area contributed by atoms with Crippen LogP contribution in [0.25, 0.3) is 0 Å². The van der Waals surface area contributed by atoms with Crippen molar-refractivity contribution < 1.29 is 14.4 Å². The summed E-state index contributed by atoms with van der Waals surface area (Å²) in [6.45, 7) is 6.81. The maximum atomic E-state index is 6.03. The van der Waals surface area contributed by atoms with Gasteiger partial charge in [-0.3, -0.25) is 4.90 Å². The van der Waals surface area contributed by atoms with Gasteiger partial charge in [0.1, 0.15) is 23.3 Å². The predicted octanol–water partition coefficient (Wildman–Crippen LogP) is 2.13. The number of ether oxygens (including phenoxy) is 2. The monoisotopic (exact) mass is 359 g/mol. The van der Waals surface area contributed by atoms with Gasteiger partial charge < -0.3 is 14.8 Å². The Balaban J connectivity index is 1.72. The van der Waals surface area contributed by atoms with Crippen LogP contribution in [0.5, 0.6) is 0 Å². The molecule has 0 aromatic heterocycles. The van der Waals surface area contributed by atoms with Crippen LogP contribution in [0.1, 0.15) is 44.8 Å². The first-order valence-corrected chi connectivity index (χ1v) is 9.64. The van der Waals surface area contributed by atoms with E-state index in [-0.39, 0.29) is 11.8 Å². The van der Waals surface area contributed by atoms with Crippen LogP contribution >= 0.6 is 12.2 Å². The average molecular weight is 360 g/mol. The molecule has 3 heterocycles. The lowest BCUT2D eigenvalue weighted by Crippen LogP contribution is -3.15. The van der Waals surface area contributed by atoms with Crippen molar-refractivity contribution in [3.05, 3.63) is 47.2 Å². The zero-order valence-electron chi connectivity index (χ0n) is 15.0. The number of thiocarbonyl (C=S) groups is 1.